The molecule has 1 aliphatic heterocycles. The first kappa shape index (κ1) is 26.9. The molecule has 12 heteroatoms. The van der Waals surface area contributed by atoms with Gasteiger partial charge in [-0.15, -0.1) is 0 Å². The normalized spacial score (nSPS) is 16.0. The van der Waals surface area contributed by atoms with Gasteiger partial charge in [-0.05, 0) is 42.0 Å². The van der Waals surface area contributed by atoms with Crippen LogP contribution in [0.4, 0.5) is 4.39 Å². The molecule has 2 N–H and O–H groups in total. The molecule has 1 saturated carbocycles. The van der Waals surface area contributed by atoms with Crippen molar-refractivity contribution in [2.75, 3.05) is 40.3 Å². The van der Waals surface area contributed by atoms with Gasteiger partial charge in [-0.25, -0.2) is 4.39 Å². The highest BCUT2D eigenvalue weighted by molar-refractivity contribution is 6.00. The Morgan fingerprint density at radius 3 is 2.68 bits per heavy atom. The molecule has 41 heavy (non-hydrogen) atoms. The van der Waals surface area contributed by atoms with E-state index in [1.54, 1.807) is 15.6 Å². The summed E-state index contributed by atoms with van der Waals surface area (Å²) in [6.07, 6.45) is 3.61. The minimum atomic E-state index is -0.576. The predicted octanol–water partition coefficient (Wildman–Crippen LogP) is 1.94. The number of nitrogens with one attached hydrogen (secondary N) is 2. The average molecular weight is 562 g/mol. The second-order valence-electron chi connectivity index (χ2n) is 11.2. The third-order valence-corrected chi connectivity index (χ3v) is 8.42. The fourth-order valence-electron chi connectivity index (χ4n) is 6.06. The minimum Gasteiger partial charge on any atom is -0.468 e. The predicted molar refractivity (Wildman–Crippen MR) is 149 cm³/mol. The van der Waals surface area contributed by atoms with E-state index in [9.17, 15) is 14.4 Å². The molecule has 1 saturated heterocycles. The van der Waals surface area contributed by atoms with Crippen LogP contribution in [0.25, 0.3) is 32.9 Å². The quantitative estimate of drug-likeness (QED) is 0.315. The Kier molecular flexibility index (Phi) is 6.72. The fraction of sp³-hybridized carbons (Fsp3) is 0.414. The molecule has 214 valence electrons. The van der Waals surface area contributed by atoms with Crippen LogP contribution < -0.4 is 10.6 Å². The van der Waals surface area contributed by atoms with Crippen LogP contribution in [0, 0.1) is 11.2 Å². The number of fused-ring (bicyclic) bond motifs is 2. The van der Waals surface area contributed by atoms with E-state index >= 15 is 4.39 Å². The molecule has 1 spiro atoms. The molecule has 0 bridgehead atoms. The SMILES string of the molecule is COC(=O)CNC(=O)CN(C)C(=O)Cn1nc(C2CC3(CNC3)C2)c2c(-c3cc4c(cnn4C)cc3F)cccc21. The second kappa shape index (κ2) is 10.3. The monoisotopic (exact) mass is 561 g/mol. The molecule has 6 rings (SSSR count). The maximum Gasteiger partial charge on any atom is 0.325 e. The molecule has 1 aliphatic carbocycles. The van der Waals surface area contributed by atoms with Gasteiger partial charge in [0.2, 0.25) is 11.8 Å². The van der Waals surface area contributed by atoms with Gasteiger partial charge in [0, 0.05) is 49.4 Å². The van der Waals surface area contributed by atoms with E-state index in [4.69, 9.17) is 5.10 Å². The molecule has 0 radical (unpaired) electrons. The summed E-state index contributed by atoms with van der Waals surface area (Å²) < 4.78 is 23.4. The molecular formula is C29H32FN7O4. The number of hydrogen-bond acceptors (Lipinski definition) is 7. The van der Waals surface area contributed by atoms with Gasteiger partial charge in [0.05, 0.1) is 36.6 Å². The lowest BCUT2D eigenvalue weighted by Gasteiger charge is -2.54. The molecule has 11 nitrogen and oxygen atoms in total. The van der Waals surface area contributed by atoms with Gasteiger partial charge in [0.1, 0.15) is 18.9 Å². The smallest absolute Gasteiger partial charge is 0.325 e. The Hall–Kier alpha value is -4.32. The number of methoxy groups -OCH3 is 1. The number of ether oxygens (including phenoxy) is 1. The van der Waals surface area contributed by atoms with Crippen LogP contribution in [0.5, 0.6) is 0 Å². The van der Waals surface area contributed by atoms with Gasteiger partial charge < -0.3 is 20.3 Å². The number of rotatable bonds is 8. The van der Waals surface area contributed by atoms with Crippen molar-refractivity contribution in [2.45, 2.75) is 25.3 Å². The van der Waals surface area contributed by atoms with Gasteiger partial charge in [-0.2, -0.15) is 10.2 Å². The number of benzene rings is 2. The molecule has 2 aliphatic rings. The number of amides is 2. The first-order valence-corrected chi connectivity index (χ1v) is 13.6. The van der Waals surface area contributed by atoms with Crippen LogP contribution in [0.3, 0.4) is 0 Å². The average Bonchev–Trinajstić information content (AvgIpc) is 3.45. The van der Waals surface area contributed by atoms with E-state index in [1.807, 2.05) is 31.3 Å². The van der Waals surface area contributed by atoms with Crippen molar-refractivity contribution in [1.82, 2.24) is 35.1 Å². The molecule has 0 unspecified atom stereocenters. The zero-order chi connectivity index (χ0) is 28.9. The molecule has 2 aromatic carbocycles. The summed E-state index contributed by atoms with van der Waals surface area (Å²) >= 11 is 0. The lowest BCUT2D eigenvalue weighted by Crippen LogP contribution is -2.59. The van der Waals surface area contributed by atoms with Crippen molar-refractivity contribution in [2.24, 2.45) is 12.5 Å². The molecule has 4 aromatic rings. The van der Waals surface area contributed by atoms with Crippen molar-refractivity contribution in [3.8, 4) is 11.1 Å². The Morgan fingerprint density at radius 2 is 1.98 bits per heavy atom. The minimum absolute atomic E-state index is 0.0938. The third kappa shape index (κ3) is 4.82. The van der Waals surface area contributed by atoms with Crippen molar-refractivity contribution < 1.29 is 23.5 Å². The number of nitrogens with zero attached hydrogens (tertiary/aromatic N) is 5. The largest absolute Gasteiger partial charge is 0.468 e. The number of halogens is 1. The molecule has 2 fully saturated rings. The Balaban J connectivity index is 1.34. The number of carbonyl (C=O) groups is 3. The zero-order valence-electron chi connectivity index (χ0n) is 23.2. The number of aromatic nitrogens is 4. The number of hydrogen-bond donors (Lipinski definition) is 2. The summed E-state index contributed by atoms with van der Waals surface area (Å²) in [7, 11) is 4.58. The van der Waals surface area contributed by atoms with E-state index in [2.05, 4.69) is 20.5 Å². The van der Waals surface area contributed by atoms with Crippen LogP contribution in [0.2, 0.25) is 0 Å². The van der Waals surface area contributed by atoms with Gasteiger partial charge >= 0.3 is 5.97 Å². The number of esters is 1. The summed E-state index contributed by atoms with van der Waals surface area (Å²) in [5.74, 6) is -1.53. The lowest BCUT2D eigenvalue weighted by atomic mass is 9.57. The van der Waals surface area contributed by atoms with Gasteiger partial charge in [0.25, 0.3) is 0 Å². The Morgan fingerprint density at radius 1 is 1.20 bits per heavy atom. The van der Waals surface area contributed by atoms with Crippen molar-refractivity contribution in [1.29, 1.82) is 0 Å². The first-order valence-electron chi connectivity index (χ1n) is 13.6. The van der Waals surface area contributed by atoms with E-state index in [0.717, 1.165) is 59.0 Å². The van der Waals surface area contributed by atoms with Crippen LogP contribution in [0.1, 0.15) is 24.5 Å². The van der Waals surface area contributed by atoms with Crippen molar-refractivity contribution in [3.05, 3.63) is 48.0 Å². The molecule has 2 amide bonds. The van der Waals surface area contributed by atoms with Gasteiger partial charge in [0.15, 0.2) is 0 Å². The zero-order valence-corrected chi connectivity index (χ0v) is 23.2. The molecule has 2 aromatic heterocycles. The van der Waals surface area contributed by atoms with Crippen LogP contribution in [-0.4, -0.2) is 82.6 Å². The Labute approximate surface area is 235 Å². The highest BCUT2D eigenvalue weighted by Gasteiger charge is 2.50. The lowest BCUT2D eigenvalue weighted by molar-refractivity contribution is -0.141. The maximum absolute atomic E-state index is 15.5. The van der Waals surface area contributed by atoms with E-state index in [0.29, 0.717) is 11.0 Å². The summed E-state index contributed by atoms with van der Waals surface area (Å²) in [4.78, 5) is 38.0. The maximum atomic E-state index is 15.5. The molecule has 0 atom stereocenters. The topological polar surface area (TPSA) is 123 Å². The van der Waals surface area contributed by atoms with E-state index < -0.39 is 11.9 Å². The van der Waals surface area contributed by atoms with Crippen LogP contribution in [-0.2, 0) is 32.7 Å². The van der Waals surface area contributed by atoms with E-state index in [-0.39, 0.29) is 37.3 Å². The van der Waals surface area contributed by atoms with E-state index in [1.165, 1.54) is 25.1 Å². The van der Waals surface area contributed by atoms with Crippen LogP contribution in [0.15, 0.2) is 36.5 Å². The fourth-order valence-corrected chi connectivity index (χ4v) is 6.06. The van der Waals surface area contributed by atoms with Crippen molar-refractivity contribution >= 4 is 39.6 Å². The first-order chi connectivity index (χ1) is 19.7. The molecular weight excluding hydrogens is 529 g/mol. The third-order valence-electron chi connectivity index (χ3n) is 8.42. The van der Waals surface area contributed by atoms with Crippen molar-refractivity contribution in [3.63, 3.8) is 0 Å². The summed E-state index contributed by atoms with van der Waals surface area (Å²) in [6, 6.07) is 8.96. The van der Waals surface area contributed by atoms with Crippen LogP contribution >= 0.6 is 0 Å². The summed E-state index contributed by atoms with van der Waals surface area (Å²) in [5.41, 5.74) is 3.88. The molecule has 3 heterocycles. The number of likely N-dealkylation sites (N-methyl/N-ethyl adjacent to an activating group) is 1. The standard InChI is InChI=1S/C29H32FN7O4/c1-35(13-24(38)32-12-26(40)41-3)25(39)14-37-22-6-4-5-19(20-8-23-17(7-21(20)30)11-33-36(23)2)27(22)28(34-37)18-9-29(10-18)15-31-16-29/h4-8,11,18,31H,9-10,12-16H2,1-3H3,(H,32,38). The second-order valence-corrected chi connectivity index (χ2v) is 11.2. The Bertz CT molecular complexity index is 1680. The van der Waals surface area contributed by atoms with Gasteiger partial charge in [-0.3, -0.25) is 23.7 Å². The van der Waals surface area contributed by atoms with Gasteiger partial charge in [-0.1, -0.05) is 12.1 Å². The summed E-state index contributed by atoms with van der Waals surface area (Å²) in [6.45, 7) is 1.39. The highest BCUT2D eigenvalue weighted by atomic mass is 19.1. The summed E-state index contributed by atoms with van der Waals surface area (Å²) in [5, 5.41) is 16.6. The number of carbonyl (C=O) groups excluding carboxylic acids is 3. The number of aryl methyl sites for hydroxylation is 1. The highest BCUT2D eigenvalue weighted by Crippen LogP contribution is 2.54.